The van der Waals surface area contributed by atoms with E-state index >= 15 is 0 Å². The van der Waals surface area contributed by atoms with Gasteiger partial charge in [0.15, 0.2) is 5.65 Å². The fraction of sp³-hybridized carbons (Fsp3) is 0.613. The molecule has 0 spiro atoms. The van der Waals surface area contributed by atoms with Gasteiger partial charge in [-0.3, -0.25) is 19.4 Å². The zero-order chi connectivity index (χ0) is 29.6. The average Bonchev–Trinajstić information content (AvgIpc) is 3.26. The van der Waals surface area contributed by atoms with Gasteiger partial charge in [-0.05, 0) is 86.1 Å². The number of aromatic amines is 1. The van der Waals surface area contributed by atoms with Crippen molar-refractivity contribution in [3.05, 3.63) is 56.3 Å². The second kappa shape index (κ2) is 11.3. The molecule has 2 saturated heterocycles. The van der Waals surface area contributed by atoms with Crippen LogP contribution in [0.15, 0.2) is 16.9 Å². The molecule has 3 atom stereocenters. The molecule has 3 unspecified atom stereocenters. The van der Waals surface area contributed by atoms with Gasteiger partial charge < -0.3 is 15.0 Å². The van der Waals surface area contributed by atoms with Crippen molar-refractivity contribution < 1.29 is 9.53 Å². The highest BCUT2D eigenvalue weighted by atomic mass is 16.5. The minimum Gasteiger partial charge on any atom is -0.379 e. The Morgan fingerprint density at radius 2 is 1.85 bits per heavy atom. The zero-order valence-electron chi connectivity index (χ0n) is 25.8. The number of H-pyrrole nitrogens is 1. The van der Waals surface area contributed by atoms with Gasteiger partial charge in [0, 0.05) is 48.5 Å². The van der Waals surface area contributed by atoms with E-state index in [9.17, 15) is 9.59 Å². The average molecular weight is 564 g/mol. The molecule has 0 radical (unpaired) electrons. The van der Waals surface area contributed by atoms with Crippen molar-refractivity contribution in [1.29, 1.82) is 0 Å². The van der Waals surface area contributed by atoms with Crippen LogP contribution in [0.2, 0.25) is 0 Å². The Morgan fingerprint density at radius 1 is 1.15 bits per heavy atom. The molecule has 5 rings (SSSR count). The van der Waals surface area contributed by atoms with Crippen molar-refractivity contribution in [2.24, 2.45) is 0 Å². The van der Waals surface area contributed by atoms with Crippen molar-refractivity contribution in [3.8, 4) is 0 Å². The molecule has 3 aromatic heterocycles. The Hall–Kier alpha value is -3.08. The predicted molar refractivity (Wildman–Crippen MR) is 160 cm³/mol. The highest BCUT2D eigenvalue weighted by molar-refractivity contribution is 6.06. The summed E-state index contributed by atoms with van der Waals surface area (Å²) in [5, 5.41) is 8.64. The summed E-state index contributed by atoms with van der Waals surface area (Å²) < 4.78 is 7.54. The zero-order valence-corrected chi connectivity index (χ0v) is 25.8. The van der Waals surface area contributed by atoms with Crippen LogP contribution >= 0.6 is 0 Å². The third-order valence-electron chi connectivity index (χ3n) is 8.91. The fourth-order valence-corrected chi connectivity index (χ4v) is 6.55. The lowest BCUT2D eigenvalue weighted by atomic mass is 9.85. The second-order valence-electron chi connectivity index (χ2n) is 12.8. The highest BCUT2D eigenvalue weighted by Gasteiger charge is 2.38. The number of likely N-dealkylation sites (tertiary alicyclic amines) is 1. The van der Waals surface area contributed by atoms with Crippen LogP contribution < -0.4 is 10.9 Å². The molecule has 10 heteroatoms. The van der Waals surface area contributed by atoms with E-state index in [-0.39, 0.29) is 35.5 Å². The monoisotopic (exact) mass is 563 g/mol. The van der Waals surface area contributed by atoms with Crippen molar-refractivity contribution in [2.45, 2.75) is 91.5 Å². The minimum atomic E-state index is -0.311. The number of nitrogens with one attached hydrogen (secondary N) is 2. The molecular weight excluding hydrogens is 518 g/mol. The smallest absolute Gasteiger partial charge is 0.253 e. The summed E-state index contributed by atoms with van der Waals surface area (Å²) in [7, 11) is 2.20. The number of ether oxygens (including phenoxy) is 1. The van der Waals surface area contributed by atoms with E-state index < -0.39 is 0 Å². The number of carbonyl (C=O) groups is 1. The van der Waals surface area contributed by atoms with E-state index in [1.165, 1.54) is 0 Å². The topological polar surface area (TPSA) is 108 Å². The molecule has 3 aromatic rings. The van der Waals surface area contributed by atoms with Crippen LogP contribution in [0.25, 0.3) is 11.0 Å². The summed E-state index contributed by atoms with van der Waals surface area (Å²) >= 11 is 0. The van der Waals surface area contributed by atoms with Gasteiger partial charge in [0.1, 0.15) is 0 Å². The summed E-state index contributed by atoms with van der Waals surface area (Å²) in [5.41, 5.74) is 4.71. The number of piperidine rings is 1. The normalized spacial score (nSPS) is 22.8. The Morgan fingerprint density at radius 3 is 2.51 bits per heavy atom. The molecule has 0 saturated carbocycles. The summed E-state index contributed by atoms with van der Waals surface area (Å²) in [6.45, 7) is 17.9. The summed E-state index contributed by atoms with van der Waals surface area (Å²) in [6.07, 6.45) is 2.38. The first kappa shape index (κ1) is 29.4. The first-order valence-electron chi connectivity index (χ1n) is 14.8. The van der Waals surface area contributed by atoms with E-state index in [2.05, 4.69) is 54.8 Å². The highest BCUT2D eigenvalue weighted by Crippen LogP contribution is 2.37. The molecule has 2 aliphatic rings. The van der Waals surface area contributed by atoms with Gasteiger partial charge >= 0.3 is 0 Å². The van der Waals surface area contributed by atoms with Crippen molar-refractivity contribution in [2.75, 3.05) is 33.4 Å². The van der Waals surface area contributed by atoms with Crippen LogP contribution in [0.5, 0.6) is 0 Å². The van der Waals surface area contributed by atoms with Crippen LogP contribution in [-0.2, 0) is 16.8 Å². The maximum atomic E-state index is 13.9. The van der Waals surface area contributed by atoms with Gasteiger partial charge in [-0.15, -0.1) is 0 Å². The number of morpholine rings is 1. The number of carbonyl (C=O) groups excluding carboxylic acids is 1. The lowest BCUT2D eigenvalue weighted by Gasteiger charge is -2.48. The van der Waals surface area contributed by atoms with Gasteiger partial charge in [0.2, 0.25) is 0 Å². The Balaban J connectivity index is 1.51. The van der Waals surface area contributed by atoms with Gasteiger partial charge in [-0.25, -0.2) is 9.67 Å². The Kier molecular flexibility index (Phi) is 8.11. The van der Waals surface area contributed by atoms with Crippen LogP contribution in [0.1, 0.15) is 85.0 Å². The van der Waals surface area contributed by atoms with Crippen molar-refractivity contribution >= 4 is 16.9 Å². The fourth-order valence-electron chi connectivity index (χ4n) is 6.55. The molecule has 2 fully saturated rings. The molecule has 0 aromatic carbocycles. The number of pyridine rings is 2. The molecular formula is C31H45N7O3. The molecule has 0 aliphatic carbocycles. The van der Waals surface area contributed by atoms with E-state index in [1.54, 1.807) is 0 Å². The van der Waals surface area contributed by atoms with E-state index in [0.717, 1.165) is 72.8 Å². The van der Waals surface area contributed by atoms with E-state index in [1.807, 2.05) is 37.6 Å². The van der Waals surface area contributed by atoms with E-state index in [0.29, 0.717) is 17.3 Å². The molecule has 222 valence electrons. The Labute approximate surface area is 242 Å². The number of hydrogen-bond acceptors (Lipinski definition) is 7. The molecule has 2 aliphatic heterocycles. The maximum absolute atomic E-state index is 13.9. The first-order chi connectivity index (χ1) is 19.4. The van der Waals surface area contributed by atoms with Crippen molar-refractivity contribution in [1.82, 2.24) is 34.9 Å². The number of aromatic nitrogens is 4. The summed E-state index contributed by atoms with van der Waals surface area (Å²) in [4.78, 5) is 39.5. The largest absolute Gasteiger partial charge is 0.379 e. The standard InChI is InChI=1S/C31H45N7O3/c1-18-15-19(2)33-30(40)24(18)17-32-29(39)23-16-25(34-28-27(23)20(3)35-38(28)31(5,6)7)22-9-10-26(36(8)21(22)4)37-11-13-41-14-12-37/h15-16,21-22,26H,9-14,17H2,1-8H3,(H,32,39)(H,33,40). The Bertz CT molecular complexity index is 1500. The lowest BCUT2D eigenvalue weighted by molar-refractivity contribution is -0.0578. The van der Waals surface area contributed by atoms with Crippen LogP contribution in [0, 0.1) is 20.8 Å². The first-order valence-corrected chi connectivity index (χ1v) is 14.8. The van der Waals surface area contributed by atoms with Gasteiger partial charge in [-0.1, -0.05) is 0 Å². The molecule has 41 heavy (non-hydrogen) atoms. The molecule has 0 bridgehead atoms. The molecule has 2 N–H and O–H groups in total. The number of hydrogen-bond donors (Lipinski definition) is 2. The summed E-state index contributed by atoms with van der Waals surface area (Å²) in [6, 6.07) is 4.13. The third-order valence-corrected chi connectivity index (χ3v) is 8.91. The number of rotatable bonds is 5. The SMILES string of the molecule is Cc1cc(C)c(CNC(=O)c2cc(C3CCC(N4CCOCC4)N(C)C3C)nc3c2c(C)nn3C(C)(C)C)c(=O)[nH]1. The maximum Gasteiger partial charge on any atom is 0.253 e. The molecule has 1 amide bonds. The number of nitrogens with zero attached hydrogens (tertiary/aromatic N) is 5. The number of amides is 1. The van der Waals surface area contributed by atoms with Crippen LogP contribution in [0.4, 0.5) is 0 Å². The van der Waals surface area contributed by atoms with Gasteiger partial charge in [-0.2, -0.15) is 5.10 Å². The second-order valence-corrected chi connectivity index (χ2v) is 12.8. The van der Waals surface area contributed by atoms with E-state index in [4.69, 9.17) is 14.8 Å². The molecule has 5 heterocycles. The quantitative estimate of drug-likeness (QED) is 0.489. The minimum absolute atomic E-state index is 0.148. The molecule has 10 nitrogen and oxygen atoms in total. The number of aryl methyl sites for hydroxylation is 3. The number of fused-ring (bicyclic) bond motifs is 1. The lowest BCUT2D eigenvalue weighted by Crippen LogP contribution is -2.57. The number of likely N-dealkylation sites (N-methyl/N-ethyl adjacent to an activating group) is 1. The van der Waals surface area contributed by atoms with Crippen molar-refractivity contribution in [3.63, 3.8) is 0 Å². The van der Waals surface area contributed by atoms with Crippen LogP contribution in [0.3, 0.4) is 0 Å². The third kappa shape index (κ3) is 5.69. The predicted octanol–water partition coefficient (Wildman–Crippen LogP) is 3.59. The van der Waals surface area contributed by atoms with Gasteiger partial charge in [0.05, 0.1) is 41.6 Å². The summed E-state index contributed by atoms with van der Waals surface area (Å²) in [5.74, 6) is -0.0587. The van der Waals surface area contributed by atoms with Gasteiger partial charge in [0.25, 0.3) is 11.5 Å². The van der Waals surface area contributed by atoms with Crippen LogP contribution in [-0.4, -0.2) is 81.0 Å².